The molecule has 178 valence electrons. The van der Waals surface area contributed by atoms with E-state index in [9.17, 15) is 10.1 Å². The van der Waals surface area contributed by atoms with Crippen LogP contribution in [0.1, 0.15) is 24.0 Å². The fourth-order valence-corrected chi connectivity index (χ4v) is 4.33. The number of ether oxygens (including phenoxy) is 1. The maximum atomic E-state index is 10.2. The van der Waals surface area contributed by atoms with Gasteiger partial charge in [-0.2, -0.15) is 0 Å². The number of aromatic hydroxyl groups is 1. The Morgan fingerprint density at radius 1 is 1.09 bits per heavy atom. The van der Waals surface area contributed by atoms with Crippen molar-refractivity contribution in [3.63, 3.8) is 0 Å². The van der Waals surface area contributed by atoms with Gasteiger partial charge in [-0.25, -0.2) is 0 Å². The molecule has 0 aliphatic carbocycles. The highest BCUT2D eigenvalue weighted by Gasteiger charge is 2.28. The van der Waals surface area contributed by atoms with Crippen LogP contribution in [0.5, 0.6) is 11.5 Å². The molecule has 0 aromatic heterocycles. The highest BCUT2D eigenvalue weighted by molar-refractivity contribution is 6.43. The van der Waals surface area contributed by atoms with Crippen LogP contribution in [0.4, 0.5) is 0 Å². The van der Waals surface area contributed by atoms with Crippen molar-refractivity contribution in [3.05, 3.63) is 119 Å². The van der Waals surface area contributed by atoms with E-state index in [0.29, 0.717) is 30.8 Å². The molecule has 0 radical (unpaired) electrons. The first kappa shape index (κ1) is 24.9. The lowest BCUT2D eigenvalue weighted by molar-refractivity contribution is 0.182. The summed E-state index contributed by atoms with van der Waals surface area (Å²) >= 11 is 6.38. The molecule has 0 saturated heterocycles. The van der Waals surface area contributed by atoms with E-state index in [0.717, 1.165) is 33.6 Å². The SMILES string of the molecule is C=C(COc1ccccc1)C1=CCB(O)OC1CC/C(=C/c1ccc(O)cc1Cl)c1ccccc1. The van der Waals surface area contributed by atoms with Crippen molar-refractivity contribution >= 4 is 30.4 Å². The Hall–Kier alpha value is -3.25. The second-order valence-electron chi connectivity index (χ2n) is 8.46. The van der Waals surface area contributed by atoms with Gasteiger partial charge in [0, 0.05) is 6.32 Å². The number of halogens is 1. The third-order valence-electron chi connectivity index (χ3n) is 5.91. The molecule has 3 aromatic carbocycles. The highest BCUT2D eigenvalue weighted by atomic mass is 35.5. The summed E-state index contributed by atoms with van der Waals surface area (Å²) in [6.07, 6.45) is 5.46. The molecular weight excluding hydrogens is 459 g/mol. The fraction of sp³-hybridized carbons (Fsp3) is 0.172. The summed E-state index contributed by atoms with van der Waals surface area (Å²) in [7, 11) is -0.845. The van der Waals surface area contributed by atoms with Gasteiger partial charge in [0.25, 0.3) is 0 Å². The van der Waals surface area contributed by atoms with Crippen LogP contribution in [0.15, 0.2) is 103 Å². The minimum absolute atomic E-state index is 0.129. The van der Waals surface area contributed by atoms with Crippen LogP contribution >= 0.6 is 11.6 Å². The van der Waals surface area contributed by atoms with Crippen LogP contribution < -0.4 is 4.74 Å². The van der Waals surface area contributed by atoms with E-state index in [1.807, 2.05) is 60.7 Å². The standard InChI is InChI=1S/C29H28BClO4/c1-21(20-34-26-10-6-3-7-11-26)27-16-17-30(33)35-29(27)15-13-23(22-8-4-2-5-9-22)18-24-12-14-25(32)19-28(24)31/h2-12,14,16,18-19,29,32-33H,1,13,15,17,20H2/b23-18-. The van der Waals surface area contributed by atoms with Crippen LogP contribution in [-0.2, 0) is 4.65 Å². The number of benzene rings is 3. The lowest BCUT2D eigenvalue weighted by Gasteiger charge is -2.28. The largest absolute Gasteiger partial charge is 0.508 e. The summed E-state index contributed by atoms with van der Waals surface area (Å²) in [6, 6.07) is 24.7. The molecule has 2 N–H and O–H groups in total. The lowest BCUT2D eigenvalue weighted by atomic mass is 9.78. The molecule has 6 heteroatoms. The second-order valence-corrected chi connectivity index (χ2v) is 8.87. The Labute approximate surface area is 211 Å². The molecule has 0 saturated carbocycles. The van der Waals surface area contributed by atoms with Gasteiger partial charge in [0.05, 0.1) is 11.1 Å². The summed E-state index contributed by atoms with van der Waals surface area (Å²) in [5.41, 5.74) is 4.76. The van der Waals surface area contributed by atoms with Gasteiger partial charge in [-0.1, -0.05) is 72.8 Å². The van der Waals surface area contributed by atoms with Gasteiger partial charge in [0.1, 0.15) is 18.1 Å². The molecule has 4 nitrogen and oxygen atoms in total. The molecule has 1 atom stereocenters. The van der Waals surface area contributed by atoms with Crippen molar-refractivity contribution in [1.29, 1.82) is 0 Å². The van der Waals surface area contributed by atoms with E-state index >= 15 is 0 Å². The number of para-hydroxylation sites is 1. The molecule has 35 heavy (non-hydrogen) atoms. The summed E-state index contributed by atoms with van der Waals surface area (Å²) in [5, 5.41) is 20.4. The van der Waals surface area contributed by atoms with Gasteiger partial charge in [-0.3, -0.25) is 0 Å². The smallest absolute Gasteiger partial charge is 0.458 e. The predicted molar refractivity (Wildman–Crippen MR) is 143 cm³/mol. The van der Waals surface area contributed by atoms with Gasteiger partial charge >= 0.3 is 7.12 Å². The molecule has 0 amide bonds. The van der Waals surface area contributed by atoms with E-state index in [1.54, 1.807) is 12.1 Å². The third-order valence-corrected chi connectivity index (χ3v) is 6.23. The fourth-order valence-electron chi connectivity index (χ4n) is 4.10. The van der Waals surface area contributed by atoms with Gasteiger partial charge in [-0.05, 0) is 77.1 Å². The number of hydrogen-bond donors (Lipinski definition) is 2. The Morgan fingerprint density at radius 3 is 2.51 bits per heavy atom. The Balaban J connectivity index is 1.52. The normalized spacial score (nSPS) is 16.1. The van der Waals surface area contributed by atoms with E-state index in [2.05, 4.69) is 18.7 Å². The predicted octanol–water partition coefficient (Wildman–Crippen LogP) is 6.81. The Morgan fingerprint density at radius 2 is 1.80 bits per heavy atom. The first-order chi connectivity index (χ1) is 17.0. The zero-order chi connectivity index (χ0) is 24.6. The minimum atomic E-state index is -0.845. The van der Waals surface area contributed by atoms with Crippen LogP contribution in [0.3, 0.4) is 0 Å². The Bertz CT molecular complexity index is 1210. The number of allylic oxidation sites excluding steroid dienone is 2. The van der Waals surface area contributed by atoms with Gasteiger partial charge < -0.3 is 19.5 Å². The van der Waals surface area contributed by atoms with E-state index in [1.165, 1.54) is 6.07 Å². The minimum Gasteiger partial charge on any atom is -0.508 e. The van der Waals surface area contributed by atoms with Crippen LogP contribution in [0, 0.1) is 0 Å². The highest BCUT2D eigenvalue weighted by Crippen LogP contribution is 2.32. The number of hydrogen-bond acceptors (Lipinski definition) is 4. The van der Waals surface area contributed by atoms with Gasteiger partial charge in [-0.15, -0.1) is 0 Å². The van der Waals surface area contributed by atoms with Crippen molar-refractivity contribution in [1.82, 2.24) is 0 Å². The number of phenols is 1. The quantitative estimate of drug-likeness (QED) is 0.258. The molecule has 0 bridgehead atoms. The molecule has 3 aromatic rings. The monoisotopic (exact) mass is 486 g/mol. The molecule has 1 aliphatic rings. The topological polar surface area (TPSA) is 58.9 Å². The molecule has 1 unspecified atom stereocenters. The summed E-state index contributed by atoms with van der Waals surface area (Å²) < 4.78 is 11.8. The summed E-state index contributed by atoms with van der Waals surface area (Å²) in [5.74, 6) is 0.909. The van der Waals surface area contributed by atoms with E-state index in [4.69, 9.17) is 21.0 Å². The number of phenolic OH excluding ortho intramolecular Hbond substituents is 1. The van der Waals surface area contributed by atoms with Crippen molar-refractivity contribution in [3.8, 4) is 11.5 Å². The molecular formula is C29H28BClO4. The van der Waals surface area contributed by atoms with Crippen molar-refractivity contribution < 1.29 is 19.5 Å². The first-order valence-electron chi connectivity index (χ1n) is 11.6. The van der Waals surface area contributed by atoms with Crippen LogP contribution in [0.25, 0.3) is 11.6 Å². The molecule has 0 spiro atoms. The van der Waals surface area contributed by atoms with E-state index < -0.39 is 7.12 Å². The Kier molecular flexibility index (Phi) is 8.48. The third kappa shape index (κ3) is 6.89. The molecule has 0 fully saturated rings. The summed E-state index contributed by atoms with van der Waals surface area (Å²) in [4.78, 5) is 0. The van der Waals surface area contributed by atoms with Crippen molar-refractivity contribution in [2.24, 2.45) is 0 Å². The van der Waals surface area contributed by atoms with Crippen LogP contribution in [0.2, 0.25) is 11.3 Å². The number of rotatable bonds is 9. The molecule has 1 aliphatic heterocycles. The maximum Gasteiger partial charge on any atom is 0.458 e. The first-order valence-corrected chi connectivity index (χ1v) is 12.0. The van der Waals surface area contributed by atoms with Gasteiger partial charge in [0.15, 0.2) is 0 Å². The average Bonchev–Trinajstić information content (AvgIpc) is 2.87. The van der Waals surface area contributed by atoms with Crippen molar-refractivity contribution in [2.75, 3.05) is 6.61 Å². The summed E-state index contributed by atoms with van der Waals surface area (Å²) in [6.45, 7) is 4.57. The van der Waals surface area contributed by atoms with Crippen LogP contribution in [-0.4, -0.2) is 30.0 Å². The second kappa shape index (κ2) is 11.9. The lowest BCUT2D eigenvalue weighted by Crippen LogP contribution is -2.32. The van der Waals surface area contributed by atoms with E-state index in [-0.39, 0.29) is 11.9 Å². The average molecular weight is 487 g/mol. The van der Waals surface area contributed by atoms with Gasteiger partial charge in [0.2, 0.25) is 0 Å². The zero-order valence-electron chi connectivity index (χ0n) is 19.4. The maximum absolute atomic E-state index is 10.2. The van der Waals surface area contributed by atoms with Crippen molar-refractivity contribution in [2.45, 2.75) is 25.3 Å². The zero-order valence-corrected chi connectivity index (χ0v) is 20.2. The molecule has 1 heterocycles. The molecule has 4 rings (SSSR count).